The number of hydrogen-bond acceptors (Lipinski definition) is 1. The molecule has 3 atom stereocenters. The number of nitrogens with one attached hydrogen (secondary N) is 1. The van der Waals surface area contributed by atoms with Crippen LogP contribution in [0.2, 0.25) is 0 Å². The molecule has 1 N–H and O–H groups in total. The van der Waals surface area contributed by atoms with E-state index in [2.05, 4.69) is 25.1 Å². The lowest BCUT2D eigenvalue weighted by Crippen LogP contribution is -2.39. The predicted molar refractivity (Wildman–Crippen MR) is 57.5 cm³/mol. The second-order valence-corrected chi connectivity index (χ2v) is 4.28. The molecule has 0 bridgehead atoms. The first kappa shape index (κ1) is 10.6. The molecule has 0 heterocycles. The van der Waals surface area contributed by atoms with Gasteiger partial charge in [0, 0.05) is 6.04 Å². The molecule has 0 radical (unpaired) electrons. The average Bonchev–Trinajstić information content (AvgIpc) is 2.32. The van der Waals surface area contributed by atoms with E-state index in [9.17, 15) is 0 Å². The summed E-state index contributed by atoms with van der Waals surface area (Å²) in [5.74, 6) is 3.53. The Kier molecular flexibility index (Phi) is 4.32. The highest BCUT2D eigenvalue weighted by atomic mass is 14.9. The van der Waals surface area contributed by atoms with Crippen molar-refractivity contribution in [3.8, 4) is 12.3 Å². The lowest BCUT2D eigenvalue weighted by atomic mass is 9.96. The summed E-state index contributed by atoms with van der Waals surface area (Å²) in [5.41, 5.74) is 0. The Hall–Kier alpha value is -0.480. The maximum Gasteiger partial charge on any atom is 0.0660 e. The zero-order chi connectivity index (χ0) is 9.68. The van der Waals surface area contributed by atoms with Gasteiger partial charge < -0.3 is 5.32 Å². The molecule has 0 amide bonds. The van der Waals surface area contributed by atoms with Crippen LogP contribution in [-0.2, 0) is 0 Å². The summed E-state index contributed by atoms with van der Waals surface area (Å²) in [6.45, 7) is 4.41. The fraction of sp³-hybridized carbons (Fsp3) is 0.833. The summed E-state index contributed by atoms with van der Waals surface area (Å²) in [6.07, 6.45) is 12.2. The Bertz CT molecular complexity index is 180. The van der Waals surface area contributed by atoms with Gasteiger partial charge in [0.1, 0.15) is 0 Å². The van der Waals surface area contributed by atoms with Crippen molar-refractivity contribution >= 4 is 0 Å². The standard InChI is InChI=1S/C12H21N/c1-4-11(3)13-12-9-7-5-6-8-10(12)2/h1,10-13H,5-9H2,2-3H3. The van der Waals surface area contributed by atoms with Gasteiger partial charge in [0.2, 0.25) is 0 Å². The summed E-state index contributed by atoms with van der Waals surface area (Å²) in [6, 6.07) is 0.874. The molecule has 1 aliphatic rings. The molecule has 1 heteroatoms. The van der Waals surface area contributed by atoms with Crippen molar-refractivity contribution in [1.29, 1.82) is 0 Å². The summed E-state index contributed by atoms with van der Waals surface area (Å²) in [4.78, 5) is 0. The van der Waals surface area contributed by atoms with E-state index in [1.807, 2.05) is 0 Å². The molecule has 1 fully saturated rings. The van der Waals surface area contributed by atoms with E-state index in [1.54, 1.807) is 0 Å². The van der Waals surface area contributed by atoms with Crippen LogP contribution in [0.5, 0.6) is 0 Å². The first-order chi connectivity index (χ1) is 6.24. The molecule has 0 aliphatic heterocycles. The second-order valence-electron chi connectivity index (χ2n) is 4.28. The third kappa shape index (κ3) is 3.40. The van der Waals surface area contributed by atoms with Gasteiger partial charge in [-0.25, -0.2) is 0 Å². The van der Waals surface area contributed by atoms with Crippen LogP contribution in [0.4, 0.5) is 0 Å². The lowest BCUT2D eigenvalue weighted by Gasteiger charge is -2.24. The smallest absolute Gasteiger partial charge is 0.0660 e. The van der Waals surface area contributed by atoms with E-state index in [1.165, 1.54) is 32.1 Å². The number of hydrogen-bond donors (Lipinski definition) is 1. The largest absolute Gasteiger partial charge is 0.301 e. The Morgan fingerprint density at radius 3 is 2.69 bits per heavy atom. The zero-order valence-corrected chi connectivity index (χ0v) is 8.84. The van der Waals surface area contributed by atoms with Gasteiger partial charge in [0.15, 0.2) is 0 Å². The van der Waals surface area contributed by atoms with E-state index in [0.29, 0.717) is 6.04 Å². The Morgan fingerprint density at radius 2 is 2.00 bits per heavy atom. The number of rotatable bonds is 2. The van der Waals surface area contributed by atoms with Crippen molar-refractivity contribution in [2.45, 2.75) is 58.0 Å². The minimum Gasteiger partial charge on any atom is -0.301 e. The third-order valence-corrected chi connectivity index (χ3v) is 3.08. The van der Waals surface area contributed by atoms with Gasteiger partial charge in [0.25, 0.3) is 0 Å². The Morgan fingerprint density at radius 1 is 1.31 bits per heavy atom. The first-order valence-electron chi connectivity index (χ1n) is 5.46. The second kappa shape index (κ2) is 5.29. The van der Waals surface area contributed by atoms with Crippen molar-refractivity contribution in [3.63, 3.8) is 0 Å². The molecule has 3 unspecified atom stereocenters. The average molecular weight is 179 g/mol. The number of terminal acetylenes is 1. The van der Waals surface area contributed by atoms with Crippen molar-refractivity contribution in [2.24, 2.45) is 5.92 Å². The van der Waals surface area contributed by atoms with E-state index >= 15 is 0 Å². The van der Waals surface area contributed by atoms with Crippen LogP contribution in [0.25, 0.3) is 0 Å². The molecule has 0 spiro atoms. The molecule has 1 nitrogen and oxygen atoms in total. The highest BCUT2D eigenvalue weighted by molar-refractivity contribution is 4.97. The van der Waals surface area contributed by atoms with Crippen molar-refractivity contribution in [1.82, 2.24) is 5.32 Å². The van der Waals surface area contributed by atoms with Gasteiger partial charge in [-0.2, -0.15) is 0 Å². The monoisotopic (exact) mass is 179 g/mol. The van der Waals surface area contributed by atoms with Gasteiger partial charge in [-0.3, -0.25) is 0 Å². The summed E-state index contributed by atoms with van der Waals surface area (Å²) in [7, 11) is 0. The third-order valence-electron chi connectivity index (χ3n) is 3.08. The lowest BCUT2D eigenvalue weighted by molar-refractivity contribution is 0.348. The van der Waals surface area contributed by atoms with Crippen LogP contribution in [0, 0.1) is 18.3 Å². The molecule has 1 aliphatic carbocycles. The molecule has 0 aromatic rings. The van der Waals surface area contributed by atoms with Crippen LogP contribution in [0.1, 0.15) is 46.0 Å². The van der Waals surface area contributed by atoms with Gasteiger partial charge in [-0.15, -0.1) is 6.42 Å². The predicted octanol–water partition coefficient (Wildman–Crippen LogP) is 2.57. The minimum atomic E-state index is 0.227. The maximum absolute atomic E-state index is 5.36. The maximum atomic E-state index is 5.36. The van der Waals surface area contributed by atoms with Crippen LogP contribution >= 0.6 is 0 Å². The van der Waals surface area contributed by atoms with Crippen LogP contribution in [0.3, 0.4) is 0 Å². The fourth-order valence-corrected chi connectivity index (χ4v) is 2.11. The Labute approximate surface area is 82.3 Å². The van der Waals surface area contributed by atoms with Gasteiger partial charge in [-0.05, 0) is 25.7 Å². The van der Waals surface area contributed by atoms with Crippen molar-refractivity contribution < 1.29 is 0 Å². The molecule has 74 valence electrons. The minimum absolute atomic E-state index is 0.227. The molecule has 1 saturated carbocycles. The van der Waals surface area contributed by atoms with E-state index in [-0.39, 0.29) is 6.04 Å². The molecule has 0 saturated heterocycles. The molecule has 0 aromatic heterocycles. The normalized spacial score (nSPS) is 31.8. The molecule has 1 rings (SSSR count). The summed E-state index contributed by atoms with van der Waals surface area (Å²) >= 11 is 0. The Balaban J connectivity index is 2.41. The molecule has 13 heavy (non-hydrogen) atoms. The SMILES string of the molecule is C#CC(C)NC1CCCCCC1C. The van der Waals surface area contributed by atoms with E-state index < -0.39 is 0 Å². The zero-order valence-electron chi connectivity index (χ0n) is 8.84. The summed E-state index contributed by atoms with van der Waals surface area (Å²) in [5, 5.41) is 3.52. The van der Waals surface area contributed by atoms with Crippen LogP contribution in [-0.4, -0.2) is 12.1 Å². The highest BCUT2D eigenvalue weighted by Gasteiger charge is 2.20. The van der Waals surface area contributed by atoms with Crippen LogP contribution < -0.4 is 5.32 Å². The quantitative estimate of drug-likeness (QED) is 0.507. The van der Waals surface area contributed by atoms with Gasteiger partial charge in [0.05, 0.1) is 6.04 Å². The topological polar surface area (TPSA) is 12.0 Å². The molecule has 0 aromatic carbocycles. The summed E-state index contributed by atoms with van der Waals surface area (Å²) < 4.78 is 0. The van der Waals surface area contributed by atoms with Crippen molar-refractivity contribution in [3.05, 3.63) is 0 Å². The van der Waals surface area contributed by atoms with Crippen molar-refractivity contribution in [2.75, 3.05) is 0 Å². The highest BCUT2D eigenvalue weighted by Crippen LogP contribution is 2.23. The van der Waals surface area contributed by atoms with Gasteiger partial charge in [-0.1, -0.05) is 32.1 Å². The molecular weight excluding hydrogens is 158 g/mol. The van der Waals surface area contributed by atoms with Crippen LogP contribution in [0.15, 0.2) is 0 Å². The van der Waals surface area contributed by atoms with Gasteiger partial charge >= 0.3 is 0 Å². The van der Waals surface area contributed by atoms with E-state index in [0.717, 1.165) is 5.92 Å². The molecular formula is C12H21N. The fourth-order valence-electron chi connectivity index (χ4n) is 2.11. The van der Waals surface area contributed by atoms with E-state index in [4.69, 9.17) is 6.42 Å². The first-order valence-corrected chi connectivity index (χ1v) is 5.46.